The molecule has 9 heteroatoms. The Labute approximate surface area is 162 Å². The fraction of sp³-hybridized carbons (Fsp3) is 0.211. The first-order valence-corrected chi connectivity index (χ1v) is 10.2. The fourth-order valence-electron chi connectivity index (χ4n) is 2.86. The minimum Gasteiger partial charge on any atom is -0.322 e. The van der Waals surface area contributed by atoms with Crippen molar-refractivity contribution in [1.82, 2.24) is 14.3 Å². The van der Waals surface area contributed by atoms with Crippen molar-refractivity contribution in [3.05, 3.63) is 64.7 Å². The second kappa shape index (κ2) is 7.91. The molecule has 8 nitrogen and oxygen atoms in total. The first kappa shape index (κ1) is 19.7. The number of hydrogen-bond acceptors (Lipinski definition) is 5. The zero-order chi connectivity index (χ0) is 20.3. The zero-order valence-electron chi connectivity index (χ0n) is 15.5. The Kier molecular flexibility index (Phi) is 5.57. The van der Waals surface area contributed by atoms with Crippen molar-refractivity contribution in [2.75, 3.05) is 18.4 Å². The fourth-order valence-corrected chi connectivity index (χ4v) is 4.36. The highest BCUT2D eigenvalue weighted by molar-refractivity contribution is 7.89. The maximum absolute atomic E-state index is 12.7. The van der Waals surface area contributed by atoms with Crippen LogP contribution >= 0.6 is 0 Å². The summed E-state index contributed by atoms with van der Waals surface area (Å²) in [6.07, 6.45) is 1.31. The lowest BCUT2D eigenvalue weighted by molar-refractivity contribution is 0.102. The average Bonchev–Trinajstić information content (AvgIpc) is 2.69. The summed E-state index contributed by atoms with van der Waals surface area (Å²) in [5, 5.41) is 3.03. The van der Waals surface area contributed by atoms with Crippen molar-refractivity contribution in [2.24, 2.45) is 0 Å². The van der Waals surface area contributed by atoms with Crippen molar-refractivity contribution in [1.29, 1.82) is 0 Å². The average molecular weight is 400 g/mol. The SMILES string of the molecule is CCN(CC)S(=O)(=O)c1cccc(C(=O)Nc2ccc3nc[nH]c(=O)c3c2)c1. The summed E-state index contributed by atoms with van der Waals surface area (Å²) < 4.78 is 26.6. The van der Waals surface area contributed by atoms with E-state index in [0.717, 1.165) is 0 Å². The maximum Gasteiger partial charge on any atom is 0.258 e. The van der Waals surface area contributed by atoms with E-state index in [4.69, 9.17) is 0 Å². The van der Waals surface area contributed by atoms with Crippen LogP contribution in [0.2, 0.25) is 0 Å². The van der Waals surface area contributed by atoms with E-state index in [-0.39, 0.29) is 16.0 Å². The predicted molar refractivity (Wildman–Crippen MR) is 107 cm³/mol. The van der Waals surface area contributed by atoms with Crippen LogP contribution in [0.25, 0.3) is 10.9 Å². The molecule has 3 rings (SSSR count). The third kappa shape index (κ3) is 3.80. The number of carbonyl (C=O) groups excluding carboxylic acids is 1. The lowest BCUT2D eigenvalue weighted by atomic mass is 10.2. The number of hydrogen-bond donors (Lipinski definition) is 2. The molecule has 1 aromatic heterocycles. The largest absolute Gasteiger partial charge is 0.322 e. The van der Waals surface area contributed by atoms with Crippen molar-refractivity contribution >= 4 is 32.5 Å². The Morgan fingerprint density at radius 1 is 1.14 bits per heavy atom. The van der Waals surface area contributed by atoms with Gasteiger partial charge < -0.3 is 10.3 Å². The highest BCUT2D eigenvalue weighted by Crippen LogP contribution is 2.19. The Hall–Kier alpha value is -3.04. The van der Waals surface area contributed by atoms with Gasteiger partial charge in [0, 0.05) is 24.3 Å². The topological polar surface area (TPSA) is 112 Å². The molecule has 1 heterocycles. The highest BCUT2D eigenvalue weighted by atomic mass is 32.2. The van der Waals surface area contributed by atoms with E-state index in [1.165, 1.54) is 41.0 Å². The van der Waals surface area contributed by atoms with Gasteiger partial charge in [0.15, 0.2) is 0 Å². The summed E-state index contributed by atoms with van der Waals surface area (Å²) >= 11 is 0. The van der Waals surface area contributed by atoms with Crippen molar-refractivity contribution in [3.8, 4) is 0 Å². The first-order valence-electron chi connectivity index (χ1n) is 8.75. The predicted octanol–water partition coefficient (Wildman–Crippen LogP) is 2.21. The van der Waals surface area contributed by atoms with Gasteiger partial charge in [-0.15, -0.1) is 0 Å². The number of sulfonamides is 1. The third-order valence-electron chi connectivity index (χ3n) is 4.34. The van der Waals surface area contributed by atoms with Gasteiger partial charge >= 0.3 is 0 Å². The molecule has 0 bridgehead atoms. The molecular weight excluding hydrogens is 380 g/mol. The standard InChI is InChI=1S/C19H20N4O4S/c1-3-23(4-2)28(26,27)15-7-5-6-13(10-15)18(24)22-14-8-9-17-16(11-14)19(25)21-12-20-17/h5-12H,3-4H2,1-2H3,(H,22,24)(H,20,21,25). The molecule has 2 N–H and O–H groups in total. The minimum atomic E-state index is -3.66. The van der Waals surface area contributed by atoms with Crippen LogP contribution < -0.4 is 10.9 Å². The summed E-state index contributed by atoms with van der Waals surface area (Å²) in [5.41, 5.74) is 0.809. The Balaban J connectivity index is 1.90. The van der Waals surface area contributed by atoms with Gasteiger partial charge in [-0.05, 0) is 36.4 Å². The van der Waals surface area contributed by atoms with E-state index in [9.17, 15) is 18.0 Å². The first-order chi connectivity index (χ1) is 13.4. The van der Waals surface area contributed by atoms with Gasteiger partial charge in [-0.1, -0.05) is 19.9 Å². The van der Waals surface area contributed by atoms with Crippen LogP contribution in [0.1, 0.15) is 24.2 Å². The summed E-state index contributed by atoms with van der Waals surface area (Å²) in [6.45, 7) is 4.20. The number of amides is 1. The van der Waals surface area contributed by atoms with Crippen molar-refractivity contribution in [2.45, 2.75) is 18.7 Å². The lowest BCUT2D eigenvalue weighted by Gasteiger charge is -2.18. The number of fused-ring (bicyclic) bond motifs is 1. The van der Waals surface area contributed by atoms with Gasteiger partial charge in [0.25, 0.3) is 11.5 Å². The number of H-pyrrole nitrogens is 1. The number of nitrogens with zero attached hydrogens (tertiary/aromatic N) is 2. The van der Waals surface area contributed by atoms with E-state index < -0.39 is 15.9 Å². The van der Waals surface area contributed by atoms with Crippen molar-refractivity contribution < 1.29 is 13.2 Å². The molecule has 0 atom stereocenters. The van der Waals surface area contributed by atoms with Gasteiger partial charge in [-0.25, -0.2) is 13.4 Å². The van der Waals surface area contributed by atoms with Crippen LogP contribution in [0.15, 0.2) is 58.5 Å². The second-order valence-electron chi connectivity index (χ2n) is 6.03. The normalized spacial score (nSPS) is 11.7. The number of carbonyl (C=O) groups is 1. The quantitative estimate of drug-likeness (QED) is 0.659. The number of aromatic nitrogens is 2. The lowest BCUT2D eigenvalue weighted by Crippen LogP contribution is -2.30. The molecule has 0 unspecified atom stereocenters. The molecule has 0 aliphatic rings. The molecule has 28 heavy (non-hydrogen) atoms. The van der Waals surface area contributed by atoms with Gasteiger partial charge in [0.2, 0.25) is 10.0 Å². The van der Waals surface area contributed by atoms with Gasteiger partial charge in [0.1, 0.15) is 0 Å². The van der Waals surface area contributed by atoms with Crippen LogP contribution in [0.4, 0.5) is 5.69 Å². The van der Waals surface area contributed by atoms with Crippen molar-refractivity contribution in [3.63, 3.8) is 0 Å². The van der Waals surface area contributed by atoms with Gasteiger partial charge in [-0.2, -0.15) is 4.31 Å². The summed E-state index contributed by atoms with van der Waals surface area (Å²) in [6, 6.07) is 10.6. The number of anilines is 1. The van der Waals surface area contributed by atoms with Crippen LogP contribution in [-0.2, 0) is 10.0 Å². The van der Waals surface area contributed by atoms with E-state index in [2.05, 4.69) is 15.3 Å². The monoisotopic (exact) mass is 400 g/mol. The molecule has 1 amide bonds. The summed E-state index contributed by atoms with van der Waals surface area (Å²) in [4.78, 5) is 31.1. The molecule has 0 aliphatic carbocycles. The van der Waals surface area contributed by atoms with Gasteiger partial charge in [-0.3, -0.25) is 9.59 Å². The molecule has 2 aromatic carbocycles. The number of rotatable bonds is 6. The molecule has 0 saturated heterocycles. The molecule has 0 aliphatic heterocycles. The molecular formula is C19H20N4O4S. The van der Waals surface area contributed by atoms with Crippen LogP contribution in [0.5, 0.6) is 0 Å². The van der Waals surface area contributed by atoms with Crippen LogP contribution in [0.3, 0.4) is 0 Å². The Bertz CT molecular complexity index is 1180. The van der Waals surface area contributed by atoms with E-state index in [0.29, 0.717) is 29.7 Å². The molecule has 146 valence electrons. The smallest absolute Gasteiger partial charge is 0.258 e. The number of benzene rings is 2. The highest BCUT2D eigenvalue weighted by Gasteiger charge is 2.22. The summed E-state index contributed by atoms with van der Waals surface area (Å²) in [5.74, 6) is -0.476. The molecule has 0 spiro atoms. The molecule has 0 saturated carbocycles. The molecule has 3 aromatic rings. The minimum absolute atomic E-state index is 0.0583. The molecule has 0 radical (unpaired) electrons. The van der Waals surface area contributed by atoms with Crippen LogP contribution in [-0.4, -0.2) is 41.7 Å². The third-order valence-corrected chi connectivity index (χ3v) is 6.38. The number of aromatic amines is 1. The zero-order valence-corrected chi connectivity index (χ0v) is 16.3. The maximum atomic E-state index is 12.7. The van der Waals surface area contributed by atoms with E-state index in [1.54, 1.807) is 26.0 Å². The van der Waals surface area contributed by atoms with Crippen LogP contribution in [0, 0.1) is 0 Å². The van der Waals surface area contributed by atoms with E-state index >= 15 is 0 Å². The van der Waals surface area contributed by atoms with E-state index in [1.807, 2.05) is 0 Å². The Morgan fingerprint density at radius 2 is 1.89 bits per heavy atom. The number of nitrogens with one attached hydrogen (secondary N) is 2. The molecule has 0 fully saturated rings. The van der Waals surface area contributed by atoms with Gasteiger partial charge in [0.05, 0.1) is 22.1 Å². The summed E-state index contributed by atoms with van der Waals surface area (Å²) in [7, 11) is -3.66. The second-order valence-corrected chi connectivity index (χ2v) is 7.97. The Morgan fingerprint density at radius 3 is 2.61 bits per heavy atom.